The molecule has 2 N–H and O–H groups in total. The van der Waals surface area contributed by atoms with Crippen LogP contribution in [0.4, 0.5) is 4.79 Å². The van der Waals surface area contributed by atoms with E-state index in [-0.39, 0.29) is 6.09 Å². The number of amides is 1. The predicted molar refractivity (Wildman–Crippen MR) is 66.9 cm³/mol. The van der Waals surface area contributed by atoms with Crippen LogP contribution in [0.25, 0.3) is 0 Å². The maximum Gasteiger partial charge on any atom is 0.407 e. The van der Waals surface area contributed by atoms with Crippen LogP contribution in [-0.2, 0) is 4.74 Å². The summed E-state index contributed by atoms with van der Waals surface area (Å²) < 4.78 is 5.25. The van der Waals surface area contributed by atoms with E-state index in [1.807, 2.05) is 20.8 Å². The number of ether oxygens (including phenoxy) is 1. The Balaban J connectivity index is 1.76. The van der Waals surface area contributed by atoms with Crippen molar-refractivity contribution in [1.82, 2.24) is 10.6 Å². The average Bonchev–Trinajstić information content (AvgIpc) is 2.54. The first kappa shape index (κ1) is 12.7. The van der Waals surface area contributed by atoms with Gasteiger partial charge in [0.1, 0.15) is 5.60 Å². The fraction of sp³-hybridized carbons (Fsp3) is 0.923. The van der Waals surface area contributed by atoms with Gasteiger partial charge in [0.2, 0.25) is 0 Å². The molecule has 98 valence electrons. The molecule has 1 spiro atoms. The van der Waals surface area contributed by atoms with Crippen molar-refractivity contribution in [2.45, 2.75) is 45.6 Å². The van der Waals surface area contributed by atoms with E-state index >= 15 is 0 Å². The molecule has 2 rings (SSSR count). The van der Waals surface area contributed by atoms with Crippen LogP contribution >= 0.6 is 0 Å². The van der Waals surface area contributed by atoms with Crippen molar-refractivity contribution < 1.29 is 9.53 Å². The molecule has 1 aliphatic carbocycles. The van der Waals surface area contributed by atoms with E-state index in [1.54, 1.807) is 0 Å². The zero-order valence-corrected chi connectivity index (χ0v) is 11.1. The van der Waals surface area contributed by atoms with Gasteiger partial charge < -0.3 is 15.4 Å². The molecular weight excluding hydrogens is 216 g/mol. The summed E-state index contributed by atoms with van der Waals surface area (Å²) in [6, 6.07) is 0. The molecule has 0 aromatic rings. The van der Waals surface area contributed by atoms with Gasteiger partial charge in [0, 0.05) is 19.6 Å². The van der Waals surface area contributed by atoms with E-state index in [9.17, 15) is 4.79 Å². The third kappa shape index (κ3) is 2.92. The van der Waals surface area contributed by atoms with Crippen molar-refractivity contribution in [1.29, 1.82) is 0 Å². The second-order valence-corrected chi connectivity index (χ2v) is 6.43. The molecule has 4 heteroatoms. The van der Waals surface area contributed by atoms with Gasteiger partial charge in [-0.05, 0) is 44.9 Å². The van der Waals surface area contributed by atoms with Gasteiger partial charge in [-0.3, -0.25) is 0 Å². The monoisotopic (exact) mass is 240 g/mol. The average molecular weight is 240 g/mol. The van der Waals surface area contributed by atoms with E-state index in [2.05, 4.69) is 10.6 Å². The van der Waals surface area contributed by atoms with Crippen LogP contribution in [-0.4, -0.2) is 31.3 Å². The molecule has 1 atom stereocenters. The van der Waals surface area contributed by atoms with E-state index in [4.69, 9.17) is 4.74 Å². The summed E-state index contributed by atoms with van der Waals surface area (Å²) in [6.07, 6.45) is 3.66. The first-order valence-electron chi connectivity index (χ1n) is 6.59. The molecule has 1 aliphatic heterocycles. The fourth-order valence-electron chi connectivity index (χ4n) is 2.88. The lowest BCUT2D eigenvalue weighted by molar-refractivity contribution is 0.0471. The fourth-order valence-corrected chi connectivity index (χ4v) is 2.88. The maximum atomic E-state index is 11.6. The summed E-state index contributed by atoms with van der Waals surface area (Å²) in [5, 5.41) is 6.35. The van der Waals surface area contributed by atoms with E-state index in [0.717, 1.165) is 19.6 Å². The third-order valence-corrected chi connectivity index (χ3v) is 3.97. The molecule has 2 aliphatic rings. The summed E-state index contributed by atoms with van der Waals surface area (Å²) in [4.78, 5) is 11.6. The van der Waals surface area contributed by atoms with Gasteiger partial charge in [-0.2, -0.15) is 0 Å². The van der Waals surface area contributed by atoms with Crippen LogP contribution in [0.2, 0.25) is 0 Å². The molecule has 0 unspecified atom stereocenters. The van der Waals surface area contributed by atoms with Crippen LogP contribution in [0.1, 0.15) is 40.0 Å². The van der Waals surface area contributed by atoms with Crippen LogP contribution in [0.3, 0.4) is 0 Å². The maximum absolute atomic E-state index is 11.6. The second-order valence-electron chi connectivity index (χ2n) is 6.43. The lowest BCUT2D eigenvalue weighted by Gasteiger charge is -2.42. The van der Waals surface area contributed by atoms with Crippen molar-refractivity contribution in [2.75, 3.05) is 19.6 Å². The quantitative estimate of drug-likeness (QED) is 0.775. The topological polar surface area (TPSA) is 50.4 Å². The SMILES string of the molecule is CC(C)(C)OC(=O)NC[C@@H]1CNCC12CCC2. The van der Waals surface area contributed by atoms with E-state index < -0.39 is 5.60 Å². The smallest absolute Gasteiger partial charge is 0.407 e. The largest absolute Gasteiger partial charge is 0.444 e. The summed E-state index contributed by atoms with van der Waals surface area (Å²) in [7, 11) is 0. The Morgan fingerprint density at radius 2 is 2.18 bits per heavy atom. The molecule has 0 aromatic carbocycles. The summed E-state index contributed by atoms with van der Waals surface area (Å²) in [5.41, 5.74) is 0.0567. The van der Waals surface area contributed by atoms with Gasteiger partial charge in [-0.25, -0.2) is 4.79 Å². The molecular formula is C13H24N2O2. The zero-order chi connectivity index (χ0) is 12.5. The summed E-state index contributed by atoms with van der Waals surface area (Å²) >= 11 is 0. The molecule has 0 aromatic heterocycles. The van der Waals surface area contributed by atoms with Gasteiger partial charge in [0.15, 0.2) is 0 Å². The second kappa shape index (κ2) is 4.48. The lowest BCUT2D eigenvalue weighted by atomic mass is 9.63. The summed E-state index contributed by atoms with van der Waals surface area (Å²) in [5.74, 6) is 0.573. The van der Waals surface area contributed by atoms with Gasteiger partial charge >= 0.3 is 6.09 Å². The van der Waals surface area contributed by atoms with Crippen LogP contribution < -0.4 is 10.6 Å². The number of hydrogen-bond acceptors (Lipinski definition) is 3. The van der Waals surface area contributed by atoms with Crippen molar-refractivity contribution >= 4 is 6.09 Å². The Kier molecular flexibility index (Phi) is 3.34. The highest BCUT2D eigenvalue weighted by molar-refractivity contribution is 5.67. The Morgan fingerprint density at radius 1 is 1.47 bits per heavy atom. The molecule has 2 fully saturated rings. The normalized spacial score (nSPS) is 26.6. The van der Waals surface area contributed by atoms with Gasteiger partial charge in [-0.15, -0.1) is 0 Å². The van der Waals surface area contributed by atoms with Crippen molar-refractivity contribution in [3.63, 3.8) is 0 Å². The highest BCUT2D eigenvalue weighted by Crippen LogP contribution is 2.48. The minimum Gasteiger partial charge on any atom is -0.444 e. The highest BCUT2D eigenvalue weighted by Gasteiger charge is 2.46. The van der Waals surface area contributed by atoms with Crippen LogP contribution in [0, 0.1) is 11.3 Å². The number of carbonyl (C=O) groups excluding carboxylic acids is 1. The number of carbonyl (C=O) groups is 1. The molecule has 0 radical (unpaired) electrons. The van der Waals surface area contributed by atoms with Gasteiger partial charge in [0.05, 0.1) is 0 Å². The van der Waals surface area contributed by atoms with E-state index in [0.29, 0.717) is 11.3 Å². The van der Waals surface area contributed by atoms with Crippen molar-refractivity contribution in [3.05, 3.63) is 0 Å². The Hall–Kier alpha value is -0.770. The van der Waals surface area contributed by atoms with E-state index in [1.165, 1.54) is 19.3 Å². The standard InChI is InChI=1S/C13H24N2O2/c1-12(2,3)17-11(16)15-8-10-7-14-9-13(10)5-4-6-13/h10,14H,4-9H2,1-3H3,(H,15,16)/t10-/m0/s1. The minimum absolute atomic E-state index is 0.293. The molecule has 0 bridgehead atoms. The number of rotatable bonds is 2. The molecule has 4 nitrogen and oxygen atoms in total. The molecule has 1 amide bonds. The van der Waals surface area contributed by atoms with Gasteiger partial charge in [0.25, 0.3) is 0 Å². The Labute approximate surface area is 103 Å². The highest BCUT2D eigenvalue weighted by atomic mass is 16.6. The third-order valence-electron chi connectivity index (χ3n) is 3.97. The number of hydrogen-bond donors (Lipinski definition) is 2. The molecule has 17 heavy (non-hydrogen) atoms. The minimum atomic E-state index is -0.411. The summed E-state index contributed by atoms with van der Waals surface area (Å²) in [6.45, 7) is 8.54. The van der Waals surface area contributed by atoms with Crippen molar-refractivity contribution in [3.8, 4) is 0 Å². The molecule has 1 heterocycles. The Morgan fingerprint density at radius 3 is 2.71 bits per heavy atom. The molecule has 1 saturated heterocycles. The molecule has 1 saturated carbocycles. The number of nitrogens with one attached hydrogen (secondary N) is 2. The van der Waals surface area contributed by atoms with Crippen LogP contribution in [0.5, 0.6) is 0 Å². The van der Waals surface area contributed by atoms with Crippen LogP contribution in [0.15, 0.2) is 0 Å². The number of alkyl carbamates (subject to hydrolysis) is 1. The first-order valence-corrected chi connectivity index (χ1v) is 6.59. The Bertz CT molecular complexity index is 292. The first-order chi connectivity index (χ1) is 7.91. The van der Waals surface area contributed by atoms with Gasteiger partial charge in [-0.1, -0.05) is 6.42 Å². The van der Waals surface area contributed by atoms with Crippen molar-refractivity contribution in [2.24, 2.45) is 11.3 Å². The predicted octanol–water partition coefficient (Wildman–Crippen LogP) is 1.90. The zero-order valence-electron chi connectivity index (χ0n) is 11.1. The lowest BCUT2D eigenvalue weighted by Crippen LogP contribution is -2.43.